The van der Waals surface area contributed by atoms with Crippen molar-refractivity contribution in [2.45, 2.75) is 12.5 Å². The molecule has 21 heavy (non-hydrogen) atoms. The van der Waals surface area contributed by atoms with Gasteiger partial charge in [0.05, 0.1) is 0 Å². The second-order valence-corrected chi connectivity index (χ2v) is 7.27. The smallest absolute Gasteiger partial charge is 0.0492 e. The molecule has 0 spiro atoms. The molecule has 0 bridgehead atoms. The third kappa shape index (κ3) is 2.28. The zero-order valence-electron chi connectivity index (χ0n) is 11.8. The molecule has 4 rings (SSSR count). The molecule has 3 heteroatoms. The molecule has 0 amide bonds. The molecular formula is C18H16ClNS. The monoisotopic (exact) mass is 313 g/mol. The van der Waals surface area contributed by atoms with Crippen LogP contribution in [-0.4, -0.2) is 18.5 Å². The Hall–Kier alpha value is -1.35. The van der Waals surface area contributed by atoms with Gasteiger partial charge < -0.3 is 4.90 Å². The zero-order chi connectivity index (χ0) is 14.4. The fourth-order valence-corrected chi connectivity index (χ4v) is 4.73. The van der Waals surface area contributed by atoms with Crippen molar-refractivity contribution in [3.63, 3.8) is 0 Å². The molecule has 2 heterocycles. The van der Waals surface area contributed by atoms with Crippen LogP contribution in [0.25, 0.3) is 10.1 Å². The van der Waals surface area contributed by atoms with Gasteiger partial charge in [-0.25, -0.2) is 0 Å². The van der Waals surface area contributed by atoms with Crippen LogP contribution in [0.5, 0.6) is 0 Å². The lowest BCUT2D eigenvalue weighted by Gasteiger charge is -2.31. The van der Waals surface area contributed by atoms with E-state index < -0.39 is 0 Å². The maximum Gasteiger partial charge on any atom is 0.0492 e. The summed E-state index contributed by atoms with van der Waals surface area (Å²) in [4.78, 5) is 3.82. The van der Waals surface area contributed by atoms with Crippen LogP contribution < -0.4 is 0 Å². The standard InChI is InChI=1S/C18H16ClNS/c1-20-10-12-5-2-3-6-13(12)15(11-20)18-9-14-16(19)7-4-8-17(14)21-18/h2-9,15H,10-11H2,1H3. The fraction of sp³-hybridized carbons (Fsp3) is 0.222. The lowest BCUT2D eigenvalue weighted by Crippen LogP contribution is -2.30. The van der Waals surface area contributed by atoms with Gasteiger partial charge in [0.15, 0.2) is 0 Å². The SMILES string of the molecule is CN1Cc2ccccc2C(c2cc3c(Cl)cccc3s2)C1. The van der Waals surface area contributed by atoms with Crippen LogP contribution in [0.1, 0.15) is 21.9 Å². The first-order chi connectivity index (χ1) is 10.2. The van der Waals surface area contributed by atoms with E-state index in [1.54, 1.807) is 0 Å². The zero-order valence-corrected chi connectivity index (χ0v) is 13.4. The molecule has 1 atom stereocenters. The van der Waals surface area contributed by atoms with Gasteiger partial charge in [-0.05, 0) is 36.4 Å². The Balaban J connectivity index is 1.86. The van der Waals surface area contributed by atoms with Crippen LogP contribution in [-0.2, 0) is 6.54 Å². The Morgan fingerprint density at radius 2 is 2.00 bits per heavy atom. The van der Waals surface area contributed by atoms with Crippen molar-refractivity contribution in [1.29, 1.82) is 0 Å². The molecule has 0 N–H and O–H groups in total. The molecule has 1 aromatic heterocycles. The maximum absolute atomic E-state index is 6.33. The lowest BCUT2D eigenvalue weighted by molar-refractivity contribution is 0.296. The van der Waals surface area contributed by atoms with Gasteiger partial charge in [0, 0.05) is 39.0 Å². The second kappa shape index (κ2) is 5.13. The third-order valence-electron chi connectivity index (χ3n) is 4.24. The number of nitrogens with zero attached hydrogens (tertiary/aromatic N) is 1. The van der Waals surface area contributed by atoms with Gasteiger partial charge in [0.25, 0.3) is 0 Å². The van der Waals surface area contributed by atoms with Gasteiger partial charge in [-0.2, -0.15) is 0 Å². The number of likely N-dealkylation sites (N-methyl/N-ethyl adjacent to an activating group) is 1. The van der Waals surface area contributed by atoms with E-state index >= 15 is 0 Å². The van der Waals surface area contributed by atoms with Gasteiger partial charge in [-0.1, -0.05) is 41.9 Å². The van der Waals surface area contributed by atoms with Crippen molar-refractivity contribution in [3.8, 4) is 0 Å². The van der Waals surface area contributed by atoms with Crippen molar-refractivity contribution >= 4 is 33.0 Å². The summed E-state index contributed by atoms with van der Waals surface area (Å²) in [7, 11) is 2.20. The molecule has 106 valence electrons. The van der Waals surface area contributed by atoms with E-state index in [9.17, 15) is 0 Å². The van der Waals surface area contributed by atoms with E-state index in [1.165, 1.54) is 26.1 Å². The molecule has 1 aliphatic rings. The third-order valence-corrected chi connectivity index (χ3v) is 5.78. The summed E-state index contributed by atoms with van der Waals surface area (Å²) in [6, 6.07) is 17.3. The molecule has 0 radical (unpaired) electrons. The van der Waals surface area contributed by atoms with Gasteiger partial charge in [0.2, 0.25) is 0 Å². The number of hydrogen-bond donors (Lipinski definition) is 0. The summed E-state index contributed by atoms with van der Waals surface area (Å²) in [5.74, 6) is 0.452. The Morgan fingerprint density at radius 3 is 2.86 bits per heavy atom. The summed E-state index contributed by atoms with van der Waals surface area (Å²) >= 11 is 8.21. The molecular weight excluding hydrogens is 298 g/mol. The topological polar surface area (TPSA) is 3.24 Å². The van der Waals surface area contributed by atoms with Gasteiger partial charge in [0.1, 0.15) is 0 Å². The Bertz CT molecular complexity index is 808. The highest BCUT2D eigenvalue weighted by Crippen LogP contribution is 2.40. The average Bonchev–Trinajstić information content (AvgIpc) is 2.92. The molecule has 1 nitrogen and oxygen atoms in total. The van der Waals surface area contributed by atoms with E-state index in [4.69, 9.17) is 11.6 Å². The highest BCUT2D eigenvalue weighted by atomic mass is 35.5. The predicted octanol–water partition coefficient (Wildman–Crippen LogP) is 5.13. The largest absolute Gasteiger partial charge is 0.301 e. The minimum atomic E-state index is 0.452. The van der Waals surface area contributed by atoms with E-state index in [-0.39, 0.29) is 0 Å². The van der Waals surface area contributed by atoms with Crippen molar-refractivity contribution in [1.82, 2.24) is 4.90 Å². The van der Waals surface area contributed by atoms with E-state index in [0.717, 1.165) is 18.1 Å². The molecule has 0 aliphatic carbocycles. The number of rotatable bonds is 1. The summed E-state index contributed by atoms with van der Waals surface area (Å²) < 4.78 is 1.28. The van der Waals surface area contributed by atoms with Crippen LogP contribution in [0.3, 0.4) is 0 Å². The summed E-state index contributed by atoms with van der Waals surface area (Å²) in [6.07, 6.45) is 0. The predicted molar refractivity (Wildman–Crippen MR) is 91.5 cm³/mol. The molecule has 1 aliphatic heterocycles. The molecule has 3 aromatic rings. The van der Waals surface area contributed by atoms with Crippen molar-refractivity contribution in [3.05, 3.63) is 69.6 Å². The number of benzene rings is 2. The highest BCUT2D eigenvalue weighted by molar-refractivity contribution is 7.19. The maximum atomic E-state index is 6.33. The lowest BCUT2D eigenvalue weighted by atomic mass is 9.89. The Kier molecular flexibility index (Phi) is 3.26. The summed E-state index contributed by atoms with van der Waals surface area (Å²) in [5.41, 5.74) is 2.91. The quantitative estimate of drug-likeness (QED) is 0.602. The first kappa shape index (κ1) is 13.3. The molecule has 2 aromatic carbocycles. The van der Waals surface area contributed by atoms with E-state index in [2.05, 4.69) is 48.3 Å². The van der Waals surface area contributed by atoms with Crippen molar-refractivity contribution < 1.29 is 0 Å². The van der Waals surface area contributed by atoms with Crippen molar-refractivity contribution in [2.75, 3.05) is 13.6 Å². The van der Waals surface area contributed by atoms with Crippen LogP contribution in [0.15, 0.2) is 48.5 Å². The van der Waals surface area contributed by atoms with Gasteiger partial charge in [-0.15, -0.1) is 11.3 Å². The fourth-order valence-electron chi connectivity index (χ4n) is 3.24. The highest BCUT2D eigenvalue weighted by Gasteiger charge is 2.25. The minimum Gasteiger partial charge on any atom is -0.301 e. The van der Waals surface area contributed by atoms with Crippen LogP contribution >= 0.6 is 22.9 Å². The number of halogens is 1. The Labute approximate surface area is 133 Å². The Morgan fingerprint density at radius 1 is 1.14 bits per heavy atom. The average molecular weight is 314 g/mol. The first-order valence-corrected chi connectivity index (χ1v) is 8.36. The number of hydrogen-bond acceptors (Lipinski definition) is 2. The second-order valence-electron chi connectivity index (χ2n) is 5.75. The van der Waals surface area contributed by atoms with Gasteiger partial charge >= 0.3 is 0 Å². The van der Waals surface area contributed by atoms with Crippen LogP contribution in [0, 0.1) is 0 Å². The molecule has 0 fully saturated rings. The summed E-state index contributed by atoms with van der Waals surface area (Å²) in [5, 5.41) is 2.04. The first-order valence-electron chi connectivity index (χ1n) is 7.16. The van der Waals surface area contributed by atoms with Gasteiger partial charge in [-0.3, -0.25) is 0 Å². The normalized spacial score (nSPS) is 18.9. The number of thiophene rings is 1. The van der Waals surface area contributed by atoms with Crippen LogP contribution in [0.4, 0.5) is 0 Å². The van der Waals surface area contributed by atoms with E-state index in [1.807, 2.05) is 23.5 Å². The van der Waals surface area contributed by atoms with E-state index in [0.29, 0.717) is 5.92 Å². The molecule has 1 unspecified atom stereocenters. The van der Waals surface area contributed by atoms with Crippen molar-refractivity contribution in [2.24, 2.45) is 0 Å². The molecule has 0 saturated carbocycles. The number of fused-ring (bicyclic) bond motifs is 2. The van der Waals surface area contributed by atoms with Crippen LogP contribution in [0.2, 0.25) is 5.02 Å². The molecule has 0 saturated heterocycles. The summed E-state index contributed by atoms with van der Waals surface area (Å²) in [6.45, 7) is 2.11. The minimum absolute atomic E-state index is 0.452.